The Morgan fingerprint density at radius 3 is 2.77 bits per heavy atom. The monoisotopic (exact) mass is 369 g/mol. The van der Waals surface area contributed by atoms with Gasteiger partial charge in [-0.25, -0.2) is 9.97 Å². The minimum Gasteiger partial charge on any atom is -0.364 e. The maximum Gasteiger partial charge on any atom is 0.223 e. The van der Waals surface area contributed by atoms with Gasteiger partial charge in [-0.15, -0.1) is 0 Å². The molecule has 0 amide bonds. The van der Waals surface area contributed by atoms with Crippen LogP contribution in [0.2, 0.25) is 5.02 Å². The Kier molecular flexibility index (Phi) is 4.86. The molecule has 0 aliphatic carbocycles. The molecule has 2 aromatic heterocycles. The molecule has 0 bridgehead atoms. The van der Waals surface area contributed by atoms with Crippen molar-refractivity contribution in [1.82, 2.24) is 20.4 Å². The average molecular weight is 370 g/mol. The van der Waals surface area contributed by atoms with Crippen LogP contribution >= 0.6 is 11.6 Å². The normalized spacial score (nSPS) is 16.3. The molecule has 26 heavy (non-hydrogen) atoms. The summed E-state index contributed by atoms with van der Waals surface area (Å²) in [5.41, 5.74) is 2.72. The minimum atomic E-state index is -0.211. The summed E-state index contributed by atoms with van der Waals surface area (Å²) in [7, 11) is 0. The number of benzene rings is 1. The van der Waals surface area contributed by atoms with Crippen molar-refractivity contribution in [2.24, 2.45) is 0 Å². The molecule has 7 heteroatoms. The summed E-state index contributed by atoms with van der Waals surface area (Å²) in [6.07, 6.45) is 5.23. The van der Waals surface area contributed by atoms with E-state index in [0.717, 1.165) is 47.9 Å². The van der Waals surface area contributed by atoms with Gasteiger partial charge in [0.15, 0.2) is 0 Å². The van der Waals surface area contributed by atoms with Gasteiger partial charge in [0.1, 0.15) is 12.0 Å². The van der Waals surface area contributed by atoms with Gasteiger partial charge in [-0.2, -0.15) is 0 Å². The molecule has 3 heterocycles. The van der Waals surface area contributed by atoms with E-state index in [0.29, 0.717) is 12.5 Å². The smallest absolute Gasteiger partial charge is 0.223 e. The maximum absolute atomic E-state index is 6.57. The Bertz CT molecular complexity index is 862. The van der Waals surface area contributed by atoms with Crippen molar-refractivity contribution in [3.05, 3.63) is 70.8 Å². The highest BCUT2D eigenvalue weighted by atomic mass is 35.5. The number of nitrogens with one attached hydrogen (secondary N) is 2. The fraction of sp³-hybridized carbons (Fsp3) is 0.316. The number of anilines is 1. The van der Waals surface area contributed by atoms with E-state index in [1.165, 1.54) is 0 Å². The van der Waals surface area contributed by atoms with Gasteiger partial charge in [0.05, 0.1) is 12.2 Å². The molecule has 1 aliphatic rings. The first-order valence-corrected chi connectivity index (χ1v) is 9.08. The summed E-state index contributed by atoms with van der Waals surface area (Å²) in [5.74, 6) is 0.579. The molecule has 1 fully saturated rings. The summed E-state index contributed by atoms with van der Waals surface area (Å²) >= 11 is 6.57. The SMILES string of the molecule is Clc1ccccc1C1(c2ccnc(NCc3ccon3)n2)CCNCC1. The highest BCUT2D eigenvalue weighted by molar-refractivity contribution is 6.31. The summed E-state index contributed by atoms with van der Waals surface area (Å²) in [5, 5.41) is 11.3. The molecule has 0 unspecified atom stereocenters. The predicted molar refractivity (Wildman–Crippen MR) is 100 cm³/mol. The second-order valence-electron chi connectivity index (χ2n) is 6.42. The van der Waals surface area contributed by atoms with E-state index in [9.17, 15) is 0 Å². The number of nitrogens with zero attached hydrogens (tertiary/aromatic N) is 3. The number of halogens is 1. The summed E-state index contributed by atoms with van der Waals surface area (Å²) in [4.78, 5) is 9.17. The van der Waals surface area contributed by atoms with Crippen LogP contribution in [-0.2, 0) is 12.0 Å². The molecule has 0 atom stereocenters. The Labute approximate surface area is 157 Å². The predicted octanol–water partition coefficient (Wildman–Crippen LogP) is 3.40. The van der Waals surface area contributed by atoms with Crippen molar-refractivity contribution < 1.29 is 4.52 Å². The first-order chi connectivity index (χ1) is 12.8. The van der Waals surface area contributed by atoms with Gasteiger partial charge >= 0.3 is 0 Å². The molecule has 0 radical (unpaired) electrons. The van der Waals surface area contributed by atoms with Crippen molar-refractivity contribution in [1.29, 1.82) is 0 Å². The van der Waals surface area contributed by atoms with Crippen LogP contribution in [0, 0.1) is 0 Å². The number of hydrogen-bond donors (Lipinski definition) is 2. The van der Waals surface area contributed by atoms with Gasteiger partial charge in [-0.1, -0.05) is 35.0 Å². The van der Waals surface area contributed by atoms with Gasteiger partial charge in [0.2, 0.25) is 5.95 Å². The van der Waals surface area contributed by atoms with Crippen molar-refractivity contribution in [2.45, 2.75) is 24.8 Å². The third-order valence-electron chi connectivity index (χ3n) is 4.91. The summed E-state index contributed by atoms with van der Waals surface area (Å²) < 4.78 is 4.86. The molecule has 1 aliphatic heterocycles. The lowest BCUT2D eigenvalue weighted by Crippen LogP contribution is -2.41. The molecule has 1 aromatic carbocycles. The standard InChI is InChI=1S/C19H20ClN5O/c20-16-4-2-1-3-15(16)19(7-10-21-11-8-19)17-5-9-22-18(24-17)23-13-14-6-12-26-25-14/h1-6,9,12,21H,7-8,10-11,13H2,(H,22,23,24). The van der Waals surface area contributed by atoms with E-state index in [2.05, 4.69) is 26.8 Å². The quantitative estimate of drug-likeness (QED) is 0.717. The van der Waals surface area contributed by atoms with Crippen molar-refractivity contribution >= 4 is 17.5 Å². The van der Waals surface area contributed by atoms with E-state index in [4.69, 9.17) is 21.1 Å². The summed E-state index contributed by atoms with van der Waals surface area (Å²) in [6, 6.07) is 11.9. The van der Waals surface area contributed by atoms with Crippen LogP contribution in [0.5, 0.6) is 0 Å². The maximum atomic E-state index is 6.57. The molecule has 1 saturated heterocycles. The van der Waals surface area contributed by atoms with Crippen LogP contribution in [0.4, 0.5) is 5.95 Å². The highest BCUT2D eigenvalue weighted by Crippen LogP contribution is 2.42. The number of rotatable bonds is 5. The molecule has 6 nitrogen and oxygen atoms in total. The van der Waals surface area contributed by atoms with Crippen molar-refractivity contribution in [2.75, 3.05) is 18.4 Å². The third-order valence-corrected chi connectivity index (χ3v) is 5.24. The van der Waals surface area contributed by atoms with E-state index in [1.807, 2.05) is 30.3 Å². The first kappa shape index (κ1) is 17.0. The summed E-state index contributed by atoms with van der Waals surface area (Å²) in [6.45, 7) is 2.37. The van der Waals surface area contributed by atoms with Gasteiger partial charge in [0, 0.05) is 22.7 Å². The van der Waals surface area contributed by atoms with Crippen LogP contribution in [0.25, 0.3) is 0 Å². The van der Waals surface area contributed by atoms with E-state index >= 15 is 0 Å². The van der Waals surface area contributed by atoms with Crippen LogP contribution in [0.15, 0.2) is 53.4 Å². The zero-order valence-electron chi connectivity index (χ0n) is 14.3. The third kappa shape index (κ3) is 3.30. The fourth-order valence-electron chi connectivity index (χ4n) is 3.58. The molecule has 0 spiro atoms. The molecule has 2 N–H and O–H groups in total. The Hall–Kier alpha value is -2.44. The molecular formula is C19H20ClN5O. The lowest BCUT2D eigenvalue weighted by atomic mass is 9.70. The second-order valence-corrected chi connectivity index (χ2v) is 6.83. The van der Waals surface area contributed by atoms with Crippen molar-refractivity contribution in [3.63, 3.8) is 0 Å². The number of piperidine rings is 1. The van der Waals surface area contributed by atoms with Crippen LogP contribution in [-0.4, -0.2) is 28.2 Å². The lowest BCUT2D eigenvalue weighted by molar-refractivity contribution is 0.354. The van der Waals surface area contributed by atoms with Crippen LogP contribution in [0.1, 0.15) is 29.8 Å². The van der Waals surface area contributed by atoms with E-state index in [1.54, 1.807) is 12.5 Å². The largest absolute Gasteiger partial charge is 0.364 e. The fourth-order valence-corrected chi connectivity index (χ4v) is 3.89. The molecule has 134 valence electrons. The highest BCUT2D eigenvalue weighted by Gasteiger charge is 2.38. The Morgan fingerprint density at radius 2 is 2.00 bits per heavy atom. The average Bonchev–Trinajstić information content (AvgIpc) is 3.21. The number of aromatic nitrogens is 3. The van der Waals surface area contributed by atoms with Gasteiger partial charge in [-0.3, -0.25) is 0 Å². The number of hydrogen-bond acceptors (Lipinski definition) is 6. The minimum absolute atomic E-state index is 0.211. The second kappa shape index (κ2) is 7.43. The van der Waals surface area contributed by atoms with Crippen LogP contribution < -0.4 is 10.6 Å². The zero-order valence-corrected chi connectivity index (χ0v) is 15.0. The molecule has 4 rings (SSSR count). The van der Waals surface area contributed by atoms with Crippen LogP contribution in [0.3, 0.4) is 0 Å². The zero-order chi connectivity index (χ0) is 17.8. The van der Waals surface area contributed by atoms with Crippen molar-refractivity contribution in [3.8, 4) is 0 Å². The molecule has 3 aromatic rings. The Morgan fingerprint density at radius 1 is 1.15 bits per heavy atom. The van der Waals surface area contributed by atoms with Gasteiger partial charge in [0.25, 0.3) is 0 Å². The topological polar surface area (TPSA) is 75.9 Å². The van der Waals surface area contributed by atoms with Gasteiger partial charge in [-0.05, 0) is 43.6 Å². The van der Waals surface area contributed by atoms with E-state index in [-0.39, 0.29) is 5.41 Å². The lowest BCUT2D eigenvalue weighted by Gasteiger charge is -2.38. The van der Waals surface area contributed by atoms with Gasteiger partial charge < -0.3 is 15.2 Å². The Balaban J connectivity index is 1.68. The van der Waals surface area contributed by atoms with E-state index < -0.39 is 0 Å². The first-order valence-electron chi connectivity index (χ1n) is 8.70. The molecule has 0 saturated carbocycles. The molecular weight excluding hydrogens is 350 g/mol.